The molecule has 0 fully saturated rings. The normalized spacial score (nSPS) is 19.1. The van der Waals surface area contributed by atoms with E-state index in [4.69, 9.17) is 28.0 Å². The van der Waals surface area contributed by atoms with Crippen LogP contribution in [0.1, 0.15) is 27.9 Å². The second-order valence-electron chi connectivity index (χ2n) is 6.27. The standard InChI is InChI=1S/C19H14Cl2F3NO3/c1-27-17(26)12-4-2-11(3-5-12)6-16-10-18(28-25-16,19(22,23)24)13-7-14(20)9-15(21)8-13/h2-5,7-9H,6,10H2,1H3. The van der Waals surface area contributed by atoms with Crippen molar-refractivity contribution in [2.24, 2.45) is 5.16 Å². The van der Waals surface area contributed by atoms with Crippen molar-refractivity contribution in [3.8, 4) is 0 Å². The van der Waals surface area contributed by atoms with Crippen molar-refractivity contribution in [2.75, 3.05) is 7.11 Å². The molecule has 148 valence electrons. The molecule has 0 aliphatic carbocycles. The van der Waals surface area contributed by atoms with Crippen LogP contribution in [0.5, 0.6) is 0 Å². The van der Waals surface area contributed by atoms with E-state index in [1.807, 2.05) is 0 Å². The Morgan fingerprint density at radius 2 is 1.79 bits per heavy atom. The molecule has 1 atom stereocenters. The van der Waals surface area contributed by atoms with Crippen molar-refractivity contribution in [1.29, 1.82) is 0 Å². The lowest BCUT2D eigenvalue weighted by molar-refractivity contribution is -0.275. The fourth-order valence-corrected chi connectivity index (χ4v) is 3.48. The number of hydrogen-bond donors (Lipinski definition) is 0. The Morgan fingerprint density at radius 3 is 2.32 bits per heavy atom. The number of carbonyl (C=O) groups excluding carboxylic acids is 1. The van der Waals surface area contributed by atoms with E-state index >= 15 is 0 Å². The molecule has 1 unspecified atom stereocenters. The van der Waals surface area contributed by atoms with E-state index in [1.54, 1.807) is 12.1 Å². The molecule has 0 N–H and O–H groups in total. The summed E-state index contributed by atoms with van der Waals surface area (Å²) in [6, 6.07) is 10.00. The summed E-state index contributed by atoms with van der Waals surface area (Å²) in [5, 5.41) is 3.82. The monoisotopic (exact) mass is 431 g/mol. The van der Waals surface area contributed by atoms with Gasteiger partial charge in [-0.2, -0.15) is 13.2 Å². The maximum absolute atomic E-state index is 13.9. The van der Waals surface area contributed by atoms with Crippen LogP contribution in [-0.4, -0.2) is 25.0 Å². The Hall–Kier alpha value is -2.25. The van der Waals surface area contributed by atoms with E-state index in [9.17, 15) is 18.0 Å². The first-order valence-electron chi connectivity index (χ1n) is 8.09. The Balaban J connectivity index is 1.84. The number of hydrogen-bond acceptors (Lipinski definition) is 4. The highest BCUT2D eigenvalue weighted by molar-refractivity contribution is 6.34. The molecular weight excluding hydrogens is 418 g/mol. The van der Waals surface area contributed by atoms with Crippen molar-refractivity contribution < 1.29 is 27.5 Å². The lowest BCUT2D eigenvalue weighted by Crippen LogP contribution is -2.42. The molecule has 0 bridgehead atoms. The van der Waals surface area contributed by atoms with Gasteiger partial charge in [-0.1, -0.05) is 40.5 Å². The lowest BCUT2D eigenvalue weighted by Gasteiger charge is -2.29. The van der Waals surface area contributed by atoms with Gasteiger partial charge in [0, 0.05) is 28.5 Å². The number of benzene rings is 2. The van der Waals surface area contributed by atoms with Crippen LogP contribution >= 0.6 is 23.2 Å². The molecule has 1 aliphatic rings. The van der Waals surface area contributed by atoms with E-state index in [-0.39, 0.29) is 27.7 Å². The molecule has 0 saturated heterocycles. The average Bonchev–Trinajstić information content (AvgIpc) is 3.06. The molecule has 2 aromatic carbocycles. The SMILES string of the molecule is COC(=O)c1ccc(CC2=NOC(c3cc(Cl)cc(Cl)c3)(C(F)(F)F)C2)cc1. The zero-order chi connectivity index (χ0) is 20.5. The minimum atomic E-state index is -4.74. The van der Waals surface area contributed by atoms with Gasteiger partial charge in [0.05, 0.1) is 18.4 Å². The summed E-state index contributed by atoms with van der Waals surface area (Å²) in [5.41, 5.74) is -1.63. The molecular formula is C19H14Cl2F3NO3. The van der Waals surface area contributed by atoms with Crippen molar-refractivity contribution in [2.45, 2.75) is 24.6 Å². The average molecular weight is 432 g/mol. The van der Waals surface area contributed by atoms with Gasteiger partial charge in [-0.25, -0.2) is 4.79 Å². The highest BCUT2D eigenvalue weighted by atomic mass is 35.5. The predicted octanol–water partition coefficient (Wildman–Crippen LogP) is 5.56. The largest absolute Gasteiger partial charge is 0.465 e. The Bertz CT molecular complexity index is 909. The number of esters is 1. The van der Waals surface area contributed by atoms with Crippen molar-refractivity contribution >= 4 is 34.9 Å². The van der Waals surface area contributed by atoms with Crippen LogP contribution < -0.4 is 0 Å². The van der Waals surface area contributed by atoms with E-state index in [2.05, 4.69) is 9.89 Å². The van der Waals surface area contributed by atoms with Gasteiger partial charge in [0.2, 0.25) is 0 Å². The maximum Gasteiger partial charge on any atom is 0.435 e. The van der Waals surface area contributed by atoms with Crippen LogP contribution in [0.15, 0.2) is 47.6 Å². The summed E-state index contributed by atoms with van der Waals surface area (Å²) < 4.78 is 46.4. The van der Waals surface area contributed by atoms with Crippen LogP contribution in [0.2, 0.25) is 10.0 Å². The number of oxime groups is 1. The Morgan fingerprint density at radius 1 is 1.18 bits per heavy atom. The third kappa shape index (κ3) is 3.95. The van der Waals surface area contributed by atoms with Gasteiger partial charge in [-0.3, -0.25) is 0 Å². The number of alkyl halides is 3. The highest BCUT2D eigenvalue weighted by Crippen LogP contribution is 2.49. The van der Waals surface area contributed by atoms with E-state index < -0.39 is 24.2 Å². The summed E-state index contributed by atoms with van der Waals surface area (Å²) in [7, 11) is 1.26. The molecule has 1 heterocycles. The zero-order valence-electron chi connectivity index (χ0n) is 14.5. The number of ether oxygens (including phenoxy) is 1. The molecule has 9 heteroatoms. The zero-order valence-corrected chi connectivity index (χ0v) is 16.0. The number of nitrogens with zero attached hydrogens (tertiary/aromatic N) is 1. The summed E-state index contributed by atoms with van der Waals surface area (Å²) >= 11 is 11.8. The molecule has 2 aromatic rings. The fraction of sp³-hybridized carbons (Fsp3) is 0.263. The fourth-order valence-electron chi connectivity index (χ4n) is 2.96. The third-order valence-corrected chi connectivity index (χ3v) is 4.79. The number of methoxy groups -OCH3 is 1. The summed E-state index contributed by atoms with van der Waals surface area (Å²) in [5.74, 6) is -0.498. The van der Waals surface area contributed by atoms with Gasteiger partial charge in [0.15, 0.2) is 0 Å². The van der Waals surface area contributed by atoms with E-state index in [1.165, 1.54) is 37.4 Å². The topological polar surface area (TPSA) is 47.9 Å². The number of carbonyl (C=O) groups is 1. The Labute approximate surface area is 168 Å². The minimum Gasteiger partial charge on any atom is -0.465 e. The Kier molecular flexibility index (Phi) is 5.59. The molecule has 0 saturated carbocycles. The summed E-state index contributed by atoms with van der Waals surface area (Å²) in [6.45, 7) is 0. The maximum atomic E-state index is 13.9. The van der Waals surface area contributed by atoms with E-state index in [0.29, 0.717) is 11.1 Å². The molecule has 1 aliphatic heterocycles. The van der Waals surface area contributed by atoms with Gasteiger partial charge in [0.1, 0.15) is 0 Å². The third-order valence-electron chi connectivity index (χ3n) is 4.35. The molecule has 28 heavy (non-hydrogen) atoms. The van der Waals surface area contributed by atoms with Gasteiger partial charge < -0.3 is 9.57 Å². The van der Waals surface area contributed by atoms with Gasteiger partial charge in [-0.15, -0.1) is 0 Å². The van der Waals surface area contributed by atoms with Gasteiger partial charge in [-0.05, 0) is 35.9 Å². The molecule has 3 rings (SSSR count). The molecule has 0 amide bonds. The predicted molar refractivity (Wildman–Crippen MR) is 98.8 cm³/mol. The second-order valence-corrected chi connectivity index (χ2v) is 7.15. The first-order valence-corrected chi connectivity index (χ1v) is 8.85. The van der Waals surface area contributed by atoms with Crippen molar-refractivity contribution in [3.05, 3.63) is 69.2 Å². The highest BCUT2D eigenvalue weighted by Gasteiger charge is 2.62. The molecule has 0 radical (unpaired) electrons. The van der Waals surface area contributed by atoms with E-state index in [0.717, 1.165) is 0 Å². The number of halogens is 5. The first kappa shape index (κ1) is 20.5. The van der Waals surface area contributed by atoms with Gasteiger partial charge >= 0.3 is 12.1 Å². The molecule has 0 aromatic heterocycles. The van der Waals surface area contributed by atoms with Gasteiger partial charge in [0.25, 0.3) is 5.60 Å². The first-order chi connectivity index (χ1) is 13.1. The minimum absolute atomic E-state index is 0.0709. The quantitative estimate of drug-likeness (QED) is 0.595. The van der Waals surface area contributed by atoms with Crippen LogP contribution in [-0.2, 0) is 21.6 Å². The lowest BCUT2D eigenvalue weighted by atomic mass is 9.87. The van der Waals surface area contributed by atoms with Crippen molar-refractivity contribution in [3.63, 3.8) is 0 Å². The van der Waals surface area contributed by atoms with Crippen LogP contribution in [0.4, 0.5) is 13.2 Å². The van der Waals surface area contributed by atoms with Crippen LogP contribution in [0.25, 0.3) is 0 Å². The van der Waals surface area contributed by atoms with Crippen molar-refractivity contribution in [1.82, 2.24) is 0 Å². The number of rotatable bonds is 4. The van der Waals surface area contributed by atoms with Crippen LogP contribution in [0.3, 0.4) is 0 Å². The summed E-state index contributed by atoms with van der Waals surface area (Å²) in [4.78, 5) is 16.4. The smallest absolute Gasteiger partial charge is 0.435 e. The molecule has 4 nitrogen and oxygen atoms in total. The molecule has 0 spiro atoms. The van der Waals surface area contributed by atoms with Crippen LogP contribution in [0, 0.1) is 0 Å². The summed E-state index contributed by atoms with van der Waals surface area (Å²) in [6.07, 6.45) is -5.10. The second kappa shape index (κ2) is 7.64.